The molecule has 0 N–H and O–H groups in total. The average Bonchev–Trinajstić information content (AvgIpc) is 2.54. The highest BCUT2D eigenvalue weighted by atomic mass is 13.9. The number of allylic oxidation sites excluding steroid dienone is 10. The smallest absolute Gasteiger partial charge is 0.0169 e. The molecule has 22 heavy (non-hydrogen) atoms. The first-order valence-corrected chi connectivity index (χ1v) is 9.16. The van der Waals surface area contributed by atoms with Gasteiger partial charge in [0.15, 0.2) is 0 Å². The van der Waals surface area contributed by atoms with Crippen molar-refractivity contribution in [2.24, 2.45) is 0 Å². The van der Waals surface area contributed by atoms with Gasteiger partial charge in [0.25, 0.3) is 0 Å². The molecule has 0 atom stereocenters. The fourth-order valence-corrected chi connectivity index (χ4v) is 2.01. The maximum atomic E-state index is 2.31. The Morgan fingerprint density at radius 3 is 1.18 bits per heavy atom. The van der Waals surface area contributed by atoms with Crippen molar-refractivity contribution in [2.45, 2.75) is 78.1 Å². The predicted molar refractivity (Wildman–Crippen MR) is 103 cm³/mol. The number of hydrogen-bond acceptors (Lipinski definition) is 0. The molecule has 0 saturated carbocycles. The molecule has 0 nitrogen and oxygen atoms in total. The second-order valence-electron chi connectivity index (χ2n) is 5.52. The summed E-state index contributed by atoms with van der Waals surface area (Å²) >= 11 is 0. The SMILES string of the molecule is CC/C=C\CC/C=C\C/C=C\CC/C=C\CC/C=C\CCC. The summed E-state index contributed by atoms with van der Waals surface area (Å²) in [6.07, 6.45) is 34.6. The molecule has 0 aliphatic rings. The molecule has 0 aliphatic heterocycles. The van der Waals surface area contributed by atoms with Crippen LogP contribution in [0.1, 0.15) is 78.1 Å². The zero-order valence-corrected chi connectivity index (χ0v) is 14.8. The van der Waals surface area contributed by atoms with Gasteiger partial charge in [0.05, 0.1) is 0 Å². The fraction of sp³-hybridized carbons (Fsp3) is 0.545. The van der Waals surface area contributed by atoms with Crippen LogP contribution in [0.2, 0.25) is 0 Å². The van der Waals surface area contributed by atoms with Gasteiger partial charge >= 0.3 is 0 Å². The minimum atomic E-state index is 1.07. The van der Waals surface area contributed by atoms with Gasteiger partial charge in [-0.1, -0.05) is 81.0 Å². The average molecular weight is 301 g/mol. The largest absolute Gasteiger partial charge is 0.0888 e. The van der Waals surface area contributed by atoms with Gasteiger partial charge in [0, 0.05) is 0 Å². The van der Waals surface area contributed by atoms with Gasteiger partial charge in [-0.15, -0.1) is 0 Å². The van der Waals surface area contributed by atoms with Gasteiger partial charge in [0.2, 0.25) is 0 Å². The van der Waals surface area contributed by atoms with Crippen molar-refractivity contribution < 1.29 is 0 Å². The number of hydrogen-bond donors (Lipinski definition) is 0. The molecule has 0 spiro atoms. The highest BCUT2D eigenvalue weighted by molar-refractivity contribution is 4.95. The van der Waals surface area contributed by atoms with E-state index in [1.165, 1.54) is 44.9 Å². The zero-order valence-electron chi connectivity index (χ0n) is 14.8. The van der Waals surface area contributed by atoms with Gasteiger partial charge < -0.3 is 0 Å². The molecule has 0 aromatic carbocycles. The van der Waals surface area contributed by atoms with Crippen molar-refractivity contribution in [1.82, 2.24) is 0 Å². The van der Waals surface area contributed by atoms with Crippen LogP contribution in [-0.2, 0) is 0 Å². The second kappa shape index (κ2) is 19.7. The van der Waals surface area contributed by atoms with Crippen LogP contribution >= 0.6 is 0 Å². The van der Waals surface area contributed by atoms with Crippen LogP contribution in [0.5, 0.6) is 0 Å². The lowest BCUT2D eigenvalue weighted by Crippen LogP contribution is -1.69. The van der Waals surface area contributed by atoms with Crippen molar-refractivity contribution in [3.05, 3.63) is 60.8 Å². The molecule has 0 aromatic heterocycles. The maximum Gasteiger partial charge on any atom is -0.0169 e. The first-order valence-electron chi connectivity index (χ1n) is 9.16. The second-order valence-corrected chi connectivity index (χ2v) is 5.52. The lowest BCUT2D eigenvalue weighted by atomic mass is 10.2. The molecule has 0 heteroatoms. The van der Waals surface area contributed by atoms with Crippen LogP contribution in [-0.4, -0.2) is 0 Å². The van der Waals surface area contributed by atoms with Crippen LogP contribution in [0.4, 0.5) is 0 Å². The summed E-state index contributed by atoms with van der Waals surface area (Å²) in [6, 6.07) is 0. The van der Waals surface area contributed by atoms with Crippen molar-refractivity contribution in [3.8, 4) is 0 Å². The topological polar surface area (TPSA) is 0 Å². The molecule has 124 valence electrons. The minimum absolute atomic E-state index is 1.07. The summed E-state index contributed by atoms with van der Waals surface area (Å²) in [4.78, 5) is 0. The van der Waals surface area contributed by atoms with Crippen LogP contribution < -0.4 is 0 Å². The van der Waals surface area contributed by atoms with Crippen LogP contribution in [0.25, 0.3) is 0 Å². The molecule has 0 bridgehead atoms. The van der Waals surface area contributed by atoms with E-state index < -0.39 is 0 Å². The molecule has 0 aliphatic carbocycles. The molecule has 0 heterocycles. The van der Waals surface area contributed by atoms with Crippen molar-refractivity contribution in [3.63, 3.8) is 0 Å². The Bertz CT molecular complexity index is 339. The maximum absolute atomic E-state index is 2.31. The van der Waals surface area contributed by atoms with Crippen molar-refractivity contribution >= 4 is 0 Å². The van der Waals surface area contributed by atoms with E-state index in [2.05, 4.69) is 74.6 Å². The van der Waals surface area contributed by atoms with E-state index in [0.29, 0.717) is 0 Å². The van der Waals surface area contributed by atoms with E-state index in [-0.39, 0.29) is 0 Å². The quantitative estimate of drug-likeness (QED) is 0.227. The Balaban J connectivity index is 3.36. The lowest BCUT2D eigenvalue weighted by Gasteiger charge is -1.89. The summed E-state index contributed by atoms with van der Waals surface area (Å²) in [5.41, 5.74) is 0. The highest BCUT2D eigenvalue weighted by Crippen LogP contribution is 2.00. The molecular formula is C22H36. The number of unbranched alkanes of at least 4 members (excludes halogenated alkanes) is 4. The van der Waals surface area contributed by atoms with E-state index in [1.54, 1.807) is 0 Å². The molecule has 0 rings (SSSR count). The molecule has 0 saturated heterocycles. The van der Waals surface area contributed by atoms with Crippen molar-refractivity contribution in [2.75, 3.05) is 0 Å². The Morgan fingerprint density at radius 2 is 0.773 bits per heavy atom. The van der Waals surface area contributed by atoms with Gasteiger partial charge in [-0.2, -0.15) is 0 Å². The van der Waals surface area contributed by atoms with E-state index in [9.17, 15) is 0 Å². The molecule has 0 radical (unpaired) electrons. The first kappa shape index (κ1) is 20.7. The Hall–Kier alpha value is -1.30. The fourth-order valence-electron chi connectivity index (χ4n) is 2.01. The van der Waals surface area contributed by atoms with E-state index in [0.717, 1.165) is 19.3 Å². The number of rotatable bonds is 14. The summed E-state index contributed by atoms with van der Waals surface area (Å²) in [7, 11) is 0. The lowest BCUT2D eigenvalue weighted by molar-refractivity contribution is 0.941. The Kier molecular flexibility index (Phi) is 18.5. The van der Waals surface area contributed by atoms with Crippen LogP contribution in [0.3, 0.4) is 0 Å². The van der Waals surface area contributed by atoms with E-state index >= 15 is 0 Å². The highest BCUT2D eigenvalue weighted by Gasteiger charge is 1.80. The zero-order chi connectivity index (χ0) is 16.1. The summed E-state index contributed by atoms with van der Waals surface area (Å²) < 4.78 is 0. The van der Waals surface area contributed by atoms with Crippen LogP contribution in [0, 0.1) is 0 Å². The molecular weight excluding hydrogens is 264 g/mol. The summed E-state index contributed by atoms with van der Waals surface area (Å²) in [6.45, 7) is 4.40. The Morgan fingerprint density at radius 1 is 0.409 bits per heavy atom. The molecule has 0 amide bonds. The standard InChI is InChI=1S/C22H36/c1-3-5-7-9-11-13-15-17-19-21-22-20-18-16-14-12-10-8-6-4-2/h5,7-8,10,13,15-16,18-19,21H,3-4,6,9,11-12,14,17,20,22H2,1-2H3/b7-5-,10-8-,15-13-,18-16-,21-19-. The molecule has 0 unspecified atom stereocenters. The summed E-state index contributed by atoms with van der Waals surface area (Å²) in [5, 5.41) is 0. The predicted octanol–water partition coefficient (Wildman–Crippen LogP) is 7.71. The minimum Gasteiger partial charge on any atom is -0.0888 e. The van der Waals surface area contributed by atoms with Gasteiger partial charge in [-0.3, -0.25) is 0 Å². The van der Waals surface area contributed by atoms with E-state index in [4.69, 9.17) is 0 Å². The third kappa shape index (κ3) is 18.7. The Labute approximate surface area is 139 Å². The van der Waals surface area contributed by atoms with Gasteiger partial charge in [-0.05, 0) is 57.8 Å². The molecule has 0 fully saturated rings. The monoisotopic (exact) mass is 300 g/mol. The van der Waals surface area contributed by atoms with Crippen molar-refractivity contribution in [1.29, 1.82) is 0 Å². The molecule has 0 aromatic rings. The first-order chi connectivity index (χ1) is 10.9. The summed E-state index contributed by atoms with van der Waals surface area (Å²) in [5.74, 6) is 0. The third-order valence-electron chi connectivity index (χ3n) is 3.30. The normalized spacial score (nSPS) is 13.0. The van der Waals surface area contributed by atoms with Gasteiger partial charge in [0.1, 0.15) is 0 Å². The third-order valence-corrected chi connectivity index (χ3v) is 3.30. The van der Waals surface area contributed by atoms with Crippen LogP contribution in [0.15, 0.2) is 60.8 Å². The van der Waals surface area contributed by atoms with Gasteiger partial charge in [-0.25, -0.2) is 0 Å². The van der Waals surface area contributed by atoms with E-state index in [1.807, 2.05) is 0 Å².